The normalized spacial score (nSPS) is 15.8. The lowest BCUT2D eigenvalue weighted by Gasteiger charge is -2.21. The molecule has 0 radical (unpaired) electrons. The van der Waals surface area contributed by atoms with Crippen LogP contribution in [-0.4, -0.2) is 59.2 Å². The fourth-order valence-electron chi connectivity index (χ4n) is 3.80. The lowest BCUT2D eigenvalue weighted by molar-refractivity contribution is 0.102. The molecule has 178 valence electrons. The van der Waals surface area contributed by atoms with E-state index in [9.17, 15) is 18.5 Å². The molecule has 0 unspecified atom stereocenters. The highest BCUT2D eigenvalue weighted by Gasteiger charge is 2.26. The van der Waals surface area contributed by atoms with E-state index in [0.29, 0.717) is 22.0 Å². The van der Waals surface area contributed by atoms with Gasteiger partial charge in [0.05, 0.1) is 23.7 Å². The second-order valence-electron chi connectivity index (χ2n) is 8.04. The van der Waals surface area contributed by atoms with E-state index in [0.717, 1.165) is 29.7 Å². The molecule has 1 heterocycles. The molecule has 0 saturated carbocycles. The second-order valence-corrected chi connectivity index (χ2v) is 11.1. The number of sulfonamides is 1. The molecule has 3 rings (SSSR count). The van der Waals surface area contributed by atoms with Crippen molar-refractivity contribution in [2.45, 2.75) is 31.1 Å². The minimum absolute atomic E-state index is 0.0875. The number of carbonyl (C=O) groups is 1. The van der Waals surface area contributed by atoms with Crippen molar-refractivity contribution in [2.75, 3.05) is 45.8 Å². The fourth-order valence-corrected chi connectivity index (χ4v) is 6.56. The molecule has 0 spiro atoms. The SMILES string of the molecule is COCCN(CCOC)S(=O)(=O)c1ccc(C(=O)Nc2sc3c(c2C#N)CC[C@@H](C)C3)cc1. The third-order valence-corrected chi connectivity index (χ3v) is 8.78. The van der Waals surface area contributed by atoms with Crippen molar-refractivity contribution in [1.82, 2.24) is 4.31 Å². The highest BCUT2D eigenvalue weighted by atomic mass is 32.2. The molecule has 10 heteroatoms. The molecule has 0 saturated heterocycles. The number of benzene rings is 1. The molecular weight excluding hydrogens is 462 g/mol. The van der Waals surface area contributed by atoms with Gasteiger partial charge in [-0.3, -0.25) is 4.79 Å². The van der Waals surface area contributed by atoms with Gasteiger partial charge in [0.25, 0.3) is 5.91 Å². The van der Waals surface area contributed by atoms with Crippen molar-refractivity contribution in [3.63, 3.8) is 0 Å². The maximum atomic E-state index is 13.0. The lowest BCUT2D eigenvalue weighted by atomic mass is 9.88. The average Bonchev–Trinajstić information content (AvgIpc) is 3.14. The summed E-state index contributed by atoms with van der Waals surface area (Å²) < 4.78 is 37.4. The van der Waals surface area contributed by atoms with Gasteiger partial charge in [-0.05, 0) is 55.0 Å². The lowest BCUT2D eigenvalue weighted by Crippen LogP contribution is -2.36. The van der Waals surface area contributed by atoms with Gasteiger partial charge in [0, 0.05) is 37.7 Å². The van der Waals surface area contributed by atoms with Gasteiger partial charge < -0.3 is 14.8 Å². The summed E-state index contributed by atoms with van der Waals surface area (Å²) in [7, 11) is -0.743. The van der Waals surface area contributed by atoms with E-state index in [1.165, 1.54) is 54.1 Å². The number of hydrogen-bond donors (Lipinski definition) is 1. The van der Waals surface area contributed by atoms with E-state index in [4.69, 9.17) is 9.47 Å². The maximum Gasteiger partial charge on any atom is 0.256 e. The zero-order valence-corrected chi connectivity index (χ0v) is 20.7. The molecule has 33 heavy (non-hydrogen) atoms. The van der Waals surface area contributed by atoms with E-state index in [1.807, 2.05) is 0 Å². The Kier molecular flexibility index (Phi) is 8.62. The van der Waals surface area contributed by atoms with Gasteiger partial charge >= 0.3 is 0 Å². The van der Waals surface area contributed by atoms with Crippen LogP contribution in [0.2, 0.25) is 0 Å². The average molecular weight is 492 g/mol. The van der Waals surface area contributed by atoms with Crippen molar-refractivity contribution in [3.8, 4) is 6.07 Å². The summed E-state index contributed by atoms with van der Waals surface area (Å²) in [6, 6.07) is 8.04. The summed E-state index contributed by atoms with van der Waals surface area (Å²) in [6.07, 6.45) is 2.80. The van der Waals surface area contributed by atoms with E-state index >= 15 is 0 Å². The molecule has 1 aromatic carbocycles. The number of hydrogen-bond acceptors (Lipinski definition) is 7. The van der Waals surface area contributed by atoms with E-state index < -0.39 is 10.0 Å². The van der Waals surface area contributed by atoms with Crippen molar-refractivity contribution < 1.29 is 22.7 Å². The third-order valence-electron chi connectivity index (χ3n) is 5.69. The zero-order chi connectivity index (χ0) is 24.0. The van der Waals surface area contributed by atoms with E-state index in [2.05, 4.69) is 18.3 Å². The van der Waals surface area contributed by atoms with Crippen LogP contribution < -0.4 is 5.32 Å². The van der Waals surface area contributed by atoms with E-state index in [1.54, 1.807) is 0 Å². The molecule has 1 aromatic heterocycles. The Morgan fingerprint density at radius 2 is 1.85 bits per heavy atom. The van der Waals surface area contributed by atoms with Crippen molar-refractivity contribution in [2.24, 2.45) is 5.92 Å². The smallest absolute Gasteiger partial charge is 0.256 e. The zero-order valence-electron chi connectivity index (χ0n) is 19.1. The minimum Gasteiger partial charge on any atom is -0.383 e. The predicted octanol–water partition coefficient (Wildman–Crippen LogP) is 3.28. The maximum absolute atomic E-state index is 13.0. The van der Waals surface area contributed by atoms with Gasteiger partial charge in [-0.2, -0.15) is 9.57 Å². The van der Waals surface area contributed by atoms with Gasteiger partial charge in [-0.1, -0.05) is 6.92 Å². The van der Waals surface area contributed by atoms with Crippen LogP contribution in [0.4, 0.5) is 5.00 Å². The Morgan fingerprint density at radius 1 is 1.21 bits per heavy atom. The van der Waals surface area contributed by atoms with Gasteiger partial charge in [0.15, 0.2) is 0 Å². The monoisotopic (exact) mass is 491 g/mol. The second kappa shape index (κ2) is 11.2. The molecular formula is C23H29N3O5S2. The number of carbonyl (C=O) groups excluding carboxylic acids is 1. The molecule has 8 nitrogen and oxygen atoms in total. The van der Waals surface area contributed by atoms with Crippen molar-refractivity contribution in [1.29, 1.82) is 5.26 Å². The summed E-state index contributed by atoms with van der Waals surface area (Å²) in [5.41, 5.74) is 1.91. The third kappa shape index (κ3) is 5.80. The molecule has 0 fully saturated rings. The molecule has 1 aliphatic rings. The van der Waals surface area contributed by atoms with E-state index in [-0.39, 0.29) is 37.1 Å². The molecule has 2 aromatic rings. The number of methoxy groups -OCH3 is 2. The number of anilines is 1. The number of rotatable bonds is 10. The summed E-state index contributed by atoms with van der Waals surface area (Å²) >= 11 is 1.46. The largest absolute Gasteiger partial charge is 0.383 e. The van der Waals surface area contributed by atoms with Crippen molar-refractivity contribution >= 4 is 32.3 Å². The number of thiophene rings is 1. The van der Waals surface area contributed by atoms with Crippen LogP contribution in [0.15, 0.2) is 29.2 Å². The van der Waals surface area contributed by atoms with Gasteiger partial charge in [-0.15, -0.1) is 11.3 Å². The Balaban J connectivity index is 1.77. The first-order chi connectivity index (χ1) is 15.8. The first kappa shape index (κ1) is 25.3. The first-order valence-corrected chi connectivity index (χ1v) is 13.0. The Bertz CT molecular complexity index is 1110. The minimum atomic E-state index is -3.76. The molecule has 1 N–H and O–H groups in total. The van der Waals surface area contributed by atoms with Gasteiger partial charge in [0.2, 0.25) is 10.0 Å². The van der Waals surface area contributed by atoms with Crippen molar-refractivity contribution in [3.05, 3.63) is 45.8 Å². The number of nitrogens with zero attached hydrogens (tertiary/aromatic N) is 2. The number of fused-ring (bicyclic) bond motifs is 1. The number of ether oxygens (including phenoxy) is 2. The van der Waals surface area contributed by atoms with Crippen LogP contribution in [0.1, 0.15) is 39.7 Å². The summed E-state index contributed by atoms with van der Waals surface area (Å²) in [6.45, 7) is 3.10. The Labute approximate surface area is 199 Å². The number of amides is 1. The van der Waals surface area contributed by atoms with Gasteiger partial charge in [-0.25, -0.2) is 8.42 Å². The van der Waals surface area contributed by atoms with Gasteiger partial charge in [0.1, 0.15) is 11.1 Å². The summed E-state index contributed by atoms with van der Waals surface area (Å²) in [5, 5.41) is 13.0. The topological polar surface area (TPSA) is 109 Å². The number of nitriles is 1. The quantitative estimate of drug-likeness (QED) is 0.546. The molecule has 1 amide bonds. The van der Waals surface area contributed by atoms with Crippen LogP contribution in [0.3, 0.4) is 0 Å². The van der Waals surface area contributed by atoms with Crippen LogP contribution in [-0.2, 0) is 32.3 Å². The Hall–Kier alpha value is -2.29. The fraction of sp³-hybridized carbons (Fsp3) is 0.478. The molecule has 1 atom stereocenters. The number of nitrogens with one attached hydrogen (secondary N) is 1. The Morgan fingerprint density at radius 3 is 2.42 bits per heavy atom. The van der Waals surface area contributed by atoms with Crippen LogP contribution in [0.25, 0.3) is 0 Å². The van der Waals surface area contributed by atoms with Crippen LogP contribution in [0.5, 0.6) is 0 Å². The molecule has 1 aliphatic carbocycles. The summed E-state index contributed by atoms with van der Waals surface area (Å²) in [5.74, 6) is 0.186. The first-order valence-electron chi connectivity index (χ1n) is 10.8. The highest BCUT2D eigenvalue weighted by Crippen LogP contribution is 2.39. The highest BCUT2D eigenvalue weighted by molar-refractivity contribution is 7.89. The summed E-state index contributed by atoms with van der Waals surface area (Å²) in [4.78, 5) is 14.1. The standard InChI is InChI=1S/C23H29N3O5S2/c1-16-4-9-19-20(15-24)23(32-21(19)14-16)25-22(27)17-5-7-18(8-6-17)33(28,29)26(10-12-30-2)11-13-31-3/h5-8,16H,4,9-14H2,1-3H3,(H,25,27)/t16-/m1/s1. The predicted molar refractivity (Wildman–Crippen MR) is 127 cm³/mol. The van der Waals surface area contributed by atoms with Crippen LogP contribution in [0, 0.1) is 17.2 Å². The van der Waals surface area contributed by atoms with Crippen LogP contribution >= 0.6 is 11.3 Å². The molecule has 0 aliphatic heterocycles. The molecule has 0 bridgehead atoms.